The zero-order chi connectivity index (χ0) is 14.5. The number of hydrogen-bond acceptors (Lipinski definition) is 4. The number of nitrogens with one attached hydrogen (secondary N) is 1. The van der Waals surface area contributed by atoms with Gasteiger partial charge in [0.05, 0.1) is 24.5 Å². The Hall–Kier alpha value is -2.28. The lowest BCUT2D eigenvalue weighted by molar-refractivity contribution is -0.116. The van der Waals surface area contributed by atoms with Gasteiger partial charge in [-0.3, -0.25) is 9.48 Å². The number of aliphatic hydroxyl groups is 1. The van der Waals surface area contributed by atoms with Crippen LogP contribution in [0.15, 0.2) is 30.5 Å². The van der Waals surface area contributed by atoms with Crippen LogP contribution in [0.3, 0.4) is 0 Å². The molecule has 2 rings (SSSR count). The fraction of sp³-hybridized carbons (Fsp3) is 0.308. The lowest BCUT2D eigenvalue weighted by Gasteiger charge is -2.05. The van der Waals surface area contributed by atoms with Gasteiger partial charge in [-0.1, -0.05) is 17.3 Å². The van der Waals surface area contributed by atoms with Crippen molar-refractivity contribution in [3.8, 4) is 0 Å². The predicted octanol–water partition coefficient (Wildman–Crippen LogP) is 1.50. The van der Waals surface area contributed by atoms with Gasteiger partial charge < -0.3 is 10.4 Å². The molecule has 2 N–H and O–H groups in total. The number of para-hydroxylation sites is 1. The first kappa shape index (κ1) is 14.1. The van der Waals surface area contributed by atoms with Crippen LogP contribution in [0.5, 0.6) is 0 Å². The zero-order valence-corrected chi connectivity index (χ0v) is 11.0. The average molecular weight is 278 g/mol. The predicted molar refractivity (Wildman–Crippen MR) is 70.3 cm³/mol. The van der Waals surface area contributed by atoms with E-state index < -0.39 is 11.9 Å². The number of aryl methyl sites for hydroxylation is 1. The summed E-state index contributed by atoms with van der Waals surface area (Å²) >= 11 is 0. The summed E-state index contributed by atoms with van der Waals surface area (Å²) < 4.78 is 14.8. The Morgan fingerprint density at radius 1 is 1.50 bits per heavy atom. The third-order valence-corrected chi connectivity index (χ3v) is 2.70. The van der Waals surface area contributed by atoms with Crippen LogP contribution >= 0.6 is 0 Å². The highest BCUT2D eigenvalue weighted by molar-refractivity contribution is 5.90. The van der Waals surface area contributed by atoms with Gasteiger partial charge in [0.2, 0.25) is 5.91 Å². The van der Waals surface area contributed by atoms with E-state index in [-0.39, 0.29) is 18.0 Å². The number of amides is 1. The lowest BCUT2D eigenvalue weighted by atomic mass is 10.3. The molecular weight excluding hydrogens is 263 g/mol. The van der Waals surface area contributed by atoms with Crippen molar-refractivity contribution in [2.75, 3.05) is 5.32 Å². The summed E-state index contributed by atoms with van der Waals surface area (Å²) in [6.07, 6.45) is 1.01. The highest BCUT2D eigenvalue weighted by Gasteiger charge is 2.09. The van der Waals surface area contributed by atoms with Gasteiger partial charge in [0.25, 0.3) is 0 Å². The van der Waals surface area contributed by atoms with Crippen molar-refractivity contribution in [2.45, 2.75) is 26.0 Å². The first-order valence-corrected chi connectivity index (χ1v) is 6.18. The van der Waals surface area contributed by atoms with Crippen LogP contribution in [0.1, 0.15) is 25.1 Å². The normalized spacial score (nSPS) is 12.2. The Morgan fingerprint density at radius 3 is 2.90 bits per heavy atom. The Bertz CT molecular complexity index is 598. The molecule has 0 spiro atoms. The minimum atomic E-state index is -0.698. The van der Waals surface area contributed by atoms with Crippen molar-refractivity contribution < 1.29 is 14.3 Å². The maximum Gasteiger partial charge on any atom is 0.226 e. The minimum absolute atomic E-state index is 0.136. The summed E-state index contributed by atoms with van der Waals surface area (Å²) in [4.78, 5) is 11.7. The van der Waals surface area contributed by atoms with Crippen molar-refractivity contribution in [1.82, 2.24) is 15.0 Å². The molecule has 0 bridgehead atoms. The largest absolute Gasteiger partial charge is 0.387 e. The lowest BCUT2D eigenvalue weighted by Crippen LogP contribution is -2.15. The second-order valence-corrected chi connectivity index (χ2v) is 4.36. The van der Waals surface area contributed by atoms with E-state index >= 15 is 0 Å². The van der Waals surface area contributed by atoms with Gasteiger partial charge in [0.1, 0.15) is 11.5 Å². The molecule has 1 aromatic heterocycles. The van der Waals surface area contributed by atoms with E-state index in [9.17, 15) is 14.3 Å². The summed E-state index contributed by atoms with van der Waals surface area (Å²) in [5, 5.41) is 19.3. The summed E-state index contributed by atoms with van der Waals surface area (Å²) in [5.41, 5.74) is 0.597. The topological polar surface area (TPSA) is 80.0 Å². The number of aromatic nitrogens is 3. The Labute approximate surface area is 115 Å². The van der Waals surface area contributed by atoms with Crippen molar-refractivity contribution in [3.05, 3.63) is 42.0 Å². The van der Waals surface area contributed by atoms with Gasteiger partial charge >= 0.3 is 0 Å². The third kappa shape index (κ3) is 3.61. The van der Waals surface area contributed by atoms with E-state index in [1.165, 1.54) is 16.8 Å². The first-order chi connectivity index (χ1) is 9.56. The van der Waals surface area contributed by atoms with Crippen molar-refractivity contribution >= 4 is 11.6 Å². The SMILES string of the molecule is CC(O)c1cn(CCC(=O)Nc2ccccc2F)nn1. The van der Waals surface area contributed by atoms with Gasteiger partial charge in [0.15, 0.2) is 0 Å². The molecule has 20 heavy (non-hydrogen) atoms. The van der Waals surface area contributed by atoms with Gasteiger partial charge in [-0.15, -0.1) is 5.10 Å². The molecule has 6 nitrogen and oxygen atoms in total. The molecule has 0 fully saturated rings. The maximum absolute atomic E-state index is 13.3. The molecule has 106 valence electrons. The number of aliphatic hydroxyl groups excluding tert-OH is 1. The monoisotopic (exact) mass is 278 g/mol. The third-order valence-electron chi connectivity index (χ3n) is 2.70. The summed E-state index contributed by atoms with van der Waals surface area (Å²) in [7, 11) is 0. The summed E-state index contributed by atoms with van der Waals surface area (Å²) in [6.45, 7) is 1.89. The van der Waals surface area contributed by atoms with Crippen molar-refractivity contribution in [1.29, 1.82) is 0 Å². The van der Waals surface area contributed by atoms with E-state index in [1.807, 2.05) is 0 Å². The summed E-state index contributed by atoms with van der Waals surface area (Å²) in [6, 6.07) is 5.97. The number of rotatable bonds is 5. The highest BCUT2D eigenvalue weighted by Crippen LogP contribution is 2.12. The molecule has 0 radical (unpaired) electrons. The van der Waals surface area contributed by atoms with Crippen LogP contribution in [0, 0.1) is 5.82 Å². The van der Waals surface area contributed by atoms with Gasteiger partial charge in [0, 0.05) is 6.42 Å². The van der Waals surface area contributed by atoms with Gasteiger partial charge in [-0.05, 0) is 19.1 Å². The molecule has 2 aromatic rings. The molecule has 1 aromatic carbocycles. The van der Waals surface area contributed by atoms with Crippen LogP contribution in [0.2, 0.25) is 0 Å². The molecule has 7 heteroatoms. The molecule has 0 aliphatic carbocycles. The number of nitrogens with zero attached hydrogens (tertiary/aromatic N) is 3. The van der Waals surface area contributed by atoms with Gasteiger partial charge in [-0.25, -0.2) is 4.39 Å². The van der Waals surface area contributed by atoms with Crippen LogP contribution in [0.4, 0.5) is 10.1 Å². The molecule has 0 aliphatic rings. The number of carbonyl (C=O) groups is 1. The average Bonchev–Trinajstić information content (AvgIpc) is 2.88. The molecule has 0 aliphatic heterocycles. The van der Waals surface area contributed by atoms with E-state index in [0.717, 1.165) is 0 Å². The fourth-order valence-corrected chi connectivity index (χ4v) is 1.61. The van der Waals surface area contributed by atoms with E-state index in [1.54, 1.807) is 25.3 Å². The fourth-order valence-electron chi connectivity index (χ4n) is 1.61. The Balaban J connectivity index is 1.87. The summed E-state index contributed by atoms with van der Waals surface area (Å²) in [5.74, 6) is -0.790. The molecule has 0 saturated heterocycles. The van der Waals surface area contributed by atoms with E-state index in [4.69, 9.17) is 0 Å². The minimum Gasteiger partial charge on any atom is -0.387 e. The number of benzene rings is 1. The smallest absolute Gasteiger partial charge is 0.226 e. The second kappa shape index (κ2) is 6.25. The van der Waals surface area contributed by atoms with E-state index in [0.29, 0.717) is 12.2 Å². The van der Waals surface area contributed by atoms with Crippen LogP contribution in [0.25, 0.3) is 0 Å². The van der Waals surface area contributed by atoms with Crippen LogP contribution < -0.4 is 5.32 Å². The van der Waals surface area contributed by atoms with Crippen LogP contribution in [-0.2, 0) is 11.3 Å². The van der Waals surface area contributed by atoms with Gasteiger partial charge in [-0.2, -0.15) is 0 Å². The first-order valence-electron chi connectivity index (χ1n) is 6.18. The zero-order valence-electron chi connectivity index (χ0n) is 11.0. The maximum atomic E-state index is 13.3. The molecule has 1 atom stereocenters. The molecule has 0 saturated carbocycles. The highest BCUT2D eigenvalue weighted by atomic mass is 19.1. The van der Waals surface area contributed by atoms with Crippen molar-refractivity contribution in [3.63, 3.8) is 0 Å². The molecular formula is C13H15FN4O2. The van der Waals surface area contributed by atoms with Crippen LogP contribution in [-0.4, -0.2) is 26.0 Å². The number of carbonyl (C=O) groups excluding carboxylic acids is 1. The number of anilines is 1. The Morgan fingerprint density at radius 2 is 2.25 bits per heavy atom. The van der Waals surface area contributed by atoms with E-state index in [2.05, 4.69) is 15.6 Å². The molecule has 1 unspecified atom stereocenters. The number of hydrogen-bond donors (Lipinski definition) is 2. The number of halogens is 1. The molecule has 1 amide bonds. The second-order valence-electron chi connectivity index (χ2n) is 4.36. The quantitative estimate of drug-likeness (QED) is 0.868. The van der Waals surface area contributed by atoms with Crippen molar-refractivity contribution in [2.24, 2.45) is 0 Å². The Kier molecular flexibility index (Phi) is 4.41. The molecule has 1 heterocycles. The standard InChI is InChI=1S/C13H15FN4O2/c1-9(19)12-8-18(17-16-12)7-6-13(20)15-11-5-3-2-4-10(11)14/h2-5,8-9,19H,6-7H2,1H3,(H,15,20).